The predicted molar refractivity (Wildman–Crippen MR) is 149 cm³/mol. The maximum atomic E-state index is 14.2. The zero-order valence-corrected chi connectivity index (χ0v) is 22.7. The number of thioether (sulfide) groups is 1. The lowest BCUT2D eigenvalue weighted by atomic mass is 9.94. The highest BCUT2D eigenvalue weighted by Gasteiger charge is 2.41. The molecule has 2 aliphatic heterocycles. The second-order valence-electron chi connectivity index (χ2n) is 9.49. The van der Waals surface area contributed by atoms with Gasteiger partial charge in [0.15, 0.2) is 0 Å². The third-order valence-corrected chi connectivity index (χ3v) is 10.2. The molecule has 3 aromatic rings. The van der Waals surface area contributed by atoms with E-state index in [1.54, 1.807) is 30.3 Å². The van der Waals surface area contributed by atoms with Gasteiger partial charge in [-0.25, -0.2) is 12.8 Å². The van der Waals surface area contributed by atoms with Crippen LogP contribution in [0.1, 0.15) is 18.0 Å². The van der Waals surface area contributed by atoms with E-state index in [2.05, 4.69) is 23.3 Å². The van der Waals surface area contributed by atoms with Gasteiger partial charge in [-0.05, 0) is 48.4 Å². The second-order valence-corrected chi connectivity index (χ2v) is 12.6. The van der Waals surface area contributed by atoms with E-state index < -0.39 is 15.4 Å². The normalized spacial score (nSPS) is 19.6. The number of carbonyl (C=O) groups excluding carboxylic acids is 1. The summed E-state index contributed by atoms with van der Waals surface area (Å²) >= 11 is 1.32. The lowest BCUT2D eigenvalue weighted by Crippen LogP contribution is -2.46. The molecule has 2 aliphatic rings. The van der Waals surface area contributed by atoms with E-state index in [0.29, 0.717) is 16.9 Å². The first-order chi connectivity index (χ1) is 18.3. The van der Waals surface area contributed by atoms with E-state index in [9.17, 15) is 17.6 Å². The SMILES string of the molecule is CN1CC=C([C@H](NC(=O)[C@@H]2SCCN2S(=O)(=O)c2ccc(-c3ccccc3F)cc2)c2ccccc2)CC1. The Morgan fingerprint density at radius 2 is 1.71 bits per heavy atom. The standard InChI is InChI=1S/C29H30FN3O3S2/c1-32-17-15-23(16-18-32)27(22-7-3-2-4-8-22)31-28(34)29-33(19-20-37-29)38(35,36)24-13-11-21(12-14-24)25-9-5-6-10-26(25)30/h2-15,27,29H,16-20H2,1H3,(H,31,34)/t27-,29+/m1/s1. The fourth-order valence-electron chi connectivity index (χ4n) is 4.84. The first kappa shape index (κ1) is 26.6. The van der Waals surface area contributed by atoms with E-state index >= 15 is 0 Å². The van der Waals surface area contributed by atoms with Crippen LogP contribution in [0.25, 0.3) is 11.1 Å². The third-order valence-electron chi connectivity index (χ3n) is 6.96. The van der Waals surface area contributed by atoms with Gasteiger partial charge in [-0.2, -0.15) is 4.31 Å². The van der Waals surface area contributed by atoms with Gasteiger partial charge in [0, 0.05) is 31.0 Å². The number of amides is 1. The number of benzene rings is 3. The van der Waals surface area contributed by atoms with Crippen molar-refractivity contribution in [3.63, 3.8) is 0 Å². The van der Waals surface area contributed by atoms with Gasteiger partial charge in [-0.15, -0.1) is 11.8 Å². The van der Waals surface area contributed by atoms with Crippen LogP contribution in [0.15, 0.2) is 95.4 Å². The van der Waals surface area contributed by atoms with Crippen molar-refractivity contribution >= 4 is 27.7 Å². The predicted octanol–water partition coefficient (Wildman–Crippen LogP) is 4.68. The fraction of sp³-hybridized carbons (Fsp3) is 0.276. The van der Waals surface area contributed by atoms with Crippen molar-refractivity contribution < 1.29 is 17.6 Å². The van der Waals surface area contributed by atoms with Crippen molar-refractivity contribution in [1.82, 2.24) is 14.5 Å². The summed E-state index contributed by atoms with van der Waals surface area (Å²) in [5.74, 6) is -0.176. The largest absolute Gasteiger partial charge is 0.343 e. The second kappa shape index (κ2) is 11.4. The summed E-state index contributed by atoms with van der Waals surface area (Å²) in [5, 5.41) is 2.28. The molecule has 1 saturated heterocycles. The van der Waals surface area contributed by atoms with Crippen LogP contribution in [-0.4, -0.2) is 61.3 Å². The third kappa shape index (κ3) is 5.56. The van der Waals surface area contributed by atoms with Crippen LogP contribution in [-0.2, 0) is 14.8 Å². The number of likely N-dealkylation sites (N-methyl/N-ethyl adjacent to an activating group) is 1. The molecule has 1 N–H and O–H groups in total. The first-order valence-electron chi connectivity index (χ1n) is 12.6. The Hall–Kier alpha value is -2.98. The van der Waals surface area contributed by atoms with Crippen molar-refractivity contribution in [3.8, 4) is 11.1 Å². The summed E-state index contributed by atoms with van der Waals surface area (Å²) in [7, 11) is -1.88. The molecular formula is C29H30FN3O3S2. The molecule has 0 bridgehead atoms. The van der Waals surface area contributed by atoms with Gasteiger partial charge in [0.1, 0.15) is 11.2 Å². The molecule has 1 amide bonds. The topological polar surface area (TPSA) is 69.7 Å². The molecule has 0 aliphatic carbocycles. The number of hydrogen-bond acceptors (Lipinski definition) is 5. The number of sulfonamides is 1. The summed E-state index contributed by atoms with van der Waals surface area (Å²) < 4.78 is 42.7. The minimum absolute atomic E-state index is 0.0792. The molecule has 6 nitrogen and oxygen atoms in total. The van der Waals surface area contributed by atoms with E-state index in [0.717, 1.165) is 30.6 Å². The number of rotatable bonds is 7. The van der Waals surface area contributed by atoms with Gasteiger partial charge in [-0.3, -0.25) is 4.79 Å². The van der Waals surface area contributed by atoms with E-state index in [-0.39, 0.29) is 29.2 Å². The number of halogens is 1. The fourth-order valence-corrected chi connectivity index (χ4v) is 7.93. The minimum atomic E-state index is -3.94. The number of nitrogens with one attached hydrogen (secondary N) is 1. The van der Waals surface area contributed by atoms with E-state index in [1.807, 2.05) is 30.3 Å². The Morgan fingerprint density at radius 3 is 2.39 bits per heavy atom. The monoisotopic (exact) mass is 551 g/mol. The van der Waals surface area contributed by atoms with Gasteiger partial charge in [0.25, 0.3) is 0 Å². The molecule has 0 saturated carbocycles. The van der Waals surface area contributed by atoms with Crippen LogP contribution in [0.2, 0.25) is 0 Å². The molecule has 3 aromatic carbocycles. The Labute approximate surface area is 227 Å². The highest BCUT2D eigenvalue weighted by molar-refractivity contribution is 8.02. The number of nitrogens with zero attached hydrogens (tertiary/aromatic N) is 2. The molecule has 9 heteroatoms. The maximum Gasteiger partial charge on any atom is 0.249 e. The van der Waals surface area contributed by atoms with Crippen LogP contribution in [0.3, 0.4) is 0 Å². The van der Waals surface area contributed by atoms with Crippen molar-refractivity contribution in [1.29, 1.82) is 0 Å². The number of hydrogen-bond donors (Lipinski definition) is 1. The Morgan fingerprint density at radius 1 is 1.00 bits per heavy atom. The average Bonchev–Trinajstić information content (AvgIpc) is 3.45. The average molecular weight is 552 g/mol. The molecule has 0 spiro atoms. The smallest absolute Gasteiger partial charge is 0.249 e. The molecule has 198 valence electrons. The van der Waals surface area contributed by atoms with Crippen LogP contribution >= 0.6 is 11.8 Å². The molecule has 2 atom stereocenters. The molecule has 0 radical (unpaired) electrons. The van der Waals surface area contributed by atoms with Gasteiger partial charge in [0.05, 0.1) is 10.9 Å². The minimum Gasteiger partial charge on any atom is -0.343 e. The van der Waals surface area contributed by atoms with Crippen LogP contribution in [0.4, 0.5) is 4.39 Å². The number of carbonyl (C=O) groups is 1. The molecule has 0 unspecified atom stereocenters. The summed E-state index contributed by atoms with van der Waals surface area (Å²) in [6, 6.07) is 22.0. The Kier molecular flexibility index (Phi) is 7.99. The maximum absolute atomic E-state index is 14.2. The van der Waals surface area contributed by atoms with Crippen molar-refractivity contribution in [2.45, 2.75) is 22.7 Å². The van der Waals surface area contributed by atoms with Crippen molar-refractivity contribution in [2.24, 2.45) is 0 Å². The van der Waals surface area contributed by atoms with E-state index in [1.165, 1.54) is 34.3 Å². The zero-order valence-electron chi connectivity index (χ0n) is 21.1. The van der Waals surface area contributed by atoms with Gasteiger partial charge in [-0.1, -0.05) is 66.7 Å². The molecule has 0 aromatic heterocycles. The van der Waals surface area contributed by atoms with Gasteiger partial charge >= 0.3 is 0 Å². The first-order valence-corrected chi connectivity index (χ1v) is 15.0. The van der Waals surface area contributed by atoms with E-state index in [4.69, 9.17) is 0 Å². The molecule has 38 heavy (non-hydrogen) atoms. The zero-order chi connectivity index (χ0) is 26.7. The summed E-state index contributed by atoms with van der Waals surface area (Å²) in [4.78, 5) is 15.9. The van der Waals surface area contributed by atoms with Crippen molar-refractivity contribution in [2.75, 3.05) is 32.4 Å². The van der Waals surface area contributed by atoms with Crippen LogP contribution < -0.4 is 5.32 Å². The lowest BCUT2D eigenvalue weighted by Gasteiger charge is -2.30. The van der Waals surface area contributed by atoms with Crippen molar-refractivity contribution in [3.05, 3.63) is 102 Å². The van der Waals surface area contributed by atoms with Crippen LogP contribution in [0, 0.1) is 5.82 Å². The summed E-state index contributed by atoms with van der Waals surface area (Å²) in [6.07, 6.45) is 2.97. The quantitative estimate of drug-likeness (QED) is 0.432. The molecule has 2 heterocycles. The lowest BCUT2D eigenvalue weighted by molar-refractivity contribution is -0.122. The highest BCUT2D eigenvalue weighted by Crippen LogP contribution is 2.33. The molecule has 5 rings (SSSR count). The van der Waals surface area contributed by atoms with Gasteiger partial charge < -0.3 is 10.2 Å². The summed E-state index contributed by atoms with van der Waals surface area (Å²) in [5.41, 5.74) is 3.09. The summed E-state index contributed by atoms with van der Waals surface area (Å²) in [6.45, 7) is 1.94. The Bertz CT molecular complexity index is 1430. The highest BCUT2D eigenvalue weighted by atomic mass is 32.2. The van der Waals surface area contributed by atoms with Crippen LogP contribution in [0.5, 0.6) is 0 Å². The Balaban J connectivity index is 1.37. The molecule has 1 fully saturated rings. The van der Waals surface area contributed by atoms with Gasteiger partial charge in [0.2, 0.25) is 15.9 Å². The molecular weight excluding hydrogens is 521 g/mol.